The average molecular weight is 402 g/mol. The number of sulfonamides is 1. The van der Waals surface area contributed by atoms with Crippen molar-refractivity contribution in [2.24, 2.45) is 0 Å². The Balaban J connectivity index is 1.75. The van der Waals surface area contributed by atoms with Crippen molar-refractivity contribution < 1.29 is 13.2 Å². The van der Waals surface area contributed by atoms with Crippen LogP contribution in [0.15, 0.2) is 59.5 Å². The van der Waals surface area contributed by atoms with Crippen LogP contribution >= 0.6 is 0 Å². The van der Waals surface area contributed by atoms with Crippen molar-refractivity contribution in [2.75, 3.05) is 27.2 Å². The van der Waals surface area contributed by atoms with Crippen LogP contribution in [-0.2, 0) is 21.2 Å². The van der Waals surface area contributed by atoms with E-state index in [9.17, 15) is 13.2 Å². The maximum Gasteiger partial charge on any atom is 0.244 e. The van der Waals surface area contributed by atoms with Crippen molar-refractivity contribution in [3.63, 3.8) is 0 Å². The SMILES string of the molecule is CCc1ccc(S(=O)(=O)NC[C@@H]2CN(C)C(=O)[C@H](c3ccccc3)N2C)cc1. The fourth-order valence-corrected chi connectivity index (χ4v) is 4.62. The lowest BCUT2D eigenvalue weighted by Crippen LogP contribution is -2.58. The first kappa shape index (κ1) is 20.5. The number of hydrogen-bond donors (Lipinski definition) is 1. The van der Waals surface area contributed by atoms with Crippen molar-refractivity contribution in [2.45, 2.75) is 30.3 Å². The molecule has 0 aromatic heterocycles. The van der Waals surface area contributed by atoms with Crippen molar-refractivity contribution in [1.82, 2.24) is 14.5 Å². The second kappa shape index (κ2) is 8.43. The number of carbonyl (C=O) groups excluding carboxylic acids is 1. The fourth-order valence-electron chi connectivity index (χ4n) is 3.54. The van der Waals surface area contributed by atoms with Crippen LogP contribution in [0, 0.1) is 0 Å². The third-order valence-electron chi connectivity index (χ3n) is 5.34. The molecule has 1 saturated heterocycles. The van der Waals surface area contributed by atoms with Crippen LogP contribution in [0.3, 0.4) is 0 Å². The molecule has 28 heavy (non-hydrogen) atoms. The number of piperazine rings is 1. The van der Waals surface area contributed by atoms with Crippen LogP contribution in [0.4, 0.5) is 0 Å². The molecule has 0 bridgehead atoms. The lowest BCUT2D eigenvalue weighted by molar-refractivity contribution is -0.142. The Labute approximate surface area is 167 Å². The standard InChI is InChI=1S/C21H27N3O3S/c1-4-16-10-12-19(13-11-16)28(26,27)22-14-18-15-23(2)21(25)20(24(18)3)17-8-6-5-7-9-17/h5-13,18,20,22H,4,14-15H2,1-3H3/t18-,20+/m1/s1. The van der Waals surface area contributed by atoms with Crippen LogP contribution in [-0.4, -0.2) is 57.4 Å². The van der Waals surface area contributed by atoms with Crippen molar-refractivity contribution in [3.05, 3.63) is 65.7 Å². The van der Waals surface area contributed by atoms with E-state index in [0.29, 0.717) is 6.54 Å². The Morgan fingerprint density at radius 1 is 1.04 bits per heavy atom. The summed E-state index contributed by atoms with van der Waals surface area (Å²) in [5.74, 6) is 0.0166. The highest BCUT2D eigenvalue weighted by molar-refractivity contribution is 7.89. The minimum atomic E-state index is -3.60. The molecule has 0 radical (unpaired) electrons. The van der Waals surface area contributed by atoms with E-state index in [1.54, 1.807) is 24.1 Å². The number of nitrogens with zero attached hydrogens (tertiary/aromatic N) is 2. The number of likely N-dealkylation sites (N-methyl/N-ethyl adjacent to an activating group) is 2. The summed E-state index contributed by atoms with van der Waals surface area (Å²) in [5.41, 5.74) is 2.00. The number of aryl methyl sites for hydroxylation is 1. The molecule has 150 valence electrons. The van der Waals surface area contributed by atoms with E-state index in [1.807, 2.05) is 61.3 Å². The van der Waals surface area contributed by atoms with Gasteiger partial charge in [-0.3, -0.25) is 9.69 Å². The molecule has 0 spiro atoms. The average Bonchev–Trinajstić information content (AvgIpc) is 2.71. The molecule has 1 heterocycles. The normalized spacial score (nSPS) is 21.1. The molecule has 1 aliphatic heterocycles. The molecule has 3 rings (SSSR count). The maximum atomic E-state index is 12.7. The summed E-state index contributed by atoms with van der Waals surface area (Å²) in [5, 5.41) is 0. The van der Waals surface area contributed by atoms with E-state index in [1.165, 1.54) is 0 Å². The van der Waals surface area contributed by atoms with Gasteiger partial charge in [0.2, 0.25) is 15.9 Å². The molecule has 1 N–H and O–H groups in total. The van der Waals surface area contributed by atoms with Gasteiger partial charge in [-0.15, -0.1) is 0 Å². The molecule has 0 unspecified atom stereocenters. The lowest BCUT2D eigenvalue weighted by Gasteiger charge is -2.43. The maximum absolute atomic E-state index is 12.7. The molecule has 2 atom stereocenters. The molecule has 1 amide bonds. The third-order valence-corrected chi connectivity index (χ3v) is 6.78. The van der Waals surface area contributed by atoms with Crippen LogP contribution in [0.5, 0.6) is 0 Å². The zero-order valence-electron chi connectivity index (χ0n) is 16.5. The fraction of sp³-hybridized carbons (Fsp3) is 0.381. The summed E-state index contributed by atoms with van der Waals surface area (Å²) in [6, 6.07) is 16.0. The topological polar surface area (TPSA) is 69.7 Å². The highest BCUT2D eigenvalue weighted by Gasteiger charge is 2.38. The van der Waals surface area contributed by atoms with Gasteiger partial charge in [0.25, 0.3) is 0 Å². The van der Waals surface area contributed by atoms with Gasteiger partial charge in [0, 0.05) is 26.2 Å². The van der Waals surface area contributed by atoms with Gasteiger partial charge in [-0.1, -0.05) is 49.4 Å². The zero-order chi connectivity index (χ0) is 20.3. The molecule has 0 aliphatic carbocycles. The van der Waals surface area contributed by atoms with Crippen LogP contribution in [0.25, 0.3) is 0 Å². The van der Waals surface area contributed by atoms with Crippen molar-refractivity contribution in [3.8, 4) is 0 Å². The highest BCUT2D eigenvalue weighted by Crippen LogP contribution is 2.27. The second-order valence-corrected chi connectivity index (χ2v) is 8.97. The predicted octanol–water partition coefficient (Wildman–Crippen LogP) is 2.04. The van der Waals surface area contributed by atoms with Gasteiger partial charge in [0.1, 0.15) is 6.04 Å². The van der Waals surface area contributed by atoms with Gasteiger partial charge >= 0.3 is 0 Å². The Kier molecular flexibility index (Phi) is 6.17. The van der Waals surface area contributed by atoms with E-state index >= 15 is 0 Å². The summed E-state index contributed by atoms with van der Waals surface area (Å²) in [7, 11) is 0.0315. The van der Waals surface area contributed by atoms with Gasteiger partial charge in [-0.05, 0) is 36.7 Å². The van der Waals surface area contributed by atoms with Gasteiger partial charge in [0.05, 0.1) is 4.90 Å². The molecule has 7 heteroatoms. The van der Waals surface area contributed by atoms with Crippen LogP contribution in [0.1, 0.15) is 24.1 Å². The van der Waals surface area contributed by atoms with Gasteiger partial charge in [0.15, 0.2) is 0 Å². The Morgan fingerprint density at radius 2 is 1.68 bits per heavy atom. The number of carbonyl (C=O) groups is 1. The van der Waals surface area contributed by atoms with Crippen LogP contribution < -0.4 is 4.72 Å². The molecule has 0 saturated carbocycles. The highest BCUT2D eigenvalue weighted by atomic mass is 32.2. The largest absolute Gasteiger partial charge is 0.342 e. The molecule has 1 aliphatic rings. The molecule has 2 aromatic carbocycles. The number of hydrogen-bond acceptors (Lipinski definition) is 4. The number of rotatable bonds is 6. The second-order valence-electron chi connectivity index (χ2n) is 7.20. The van der Waals surface area contributed by atoms with Gasteiger partial charge < -0.3 is 4.90 Å². The van der Waals surface area contributed by atoms with E-state index in [0.717, 1.165) is 17.5 Å². The summed E-state index contributed by atoms with van der Waals surface area (Å²) in [6.07, 6.45) is 0.863. The van der Waals surface area contributed by atoms with Crippen molar-refractivity contribution in [1.29, 1.82) is 0 Å². The molecule has 1 fully saturated rings. The summed E-state index contributed by atoms with van der Waals surface area (Å²) < 4.78 is 28.0. The summed E-state index contributed by atoms with van der Waals surface area (Å²) in [4.78, 5) is 16.6. The Bertz CT molecular complexity index is 914. The molecule has 2 aromatic rings. The zero-order valence-corrected chi connectivity index (χ0v) is 17.3. The number of amides is 1. The first-order chi connectivity index (χ1) is 13.3. The molecular formula is C21H27N3O3S. The van der Waals surface area contributed by atoms with E-state index < -0.39 is 16.1 Å². The Hall–Kier alpha value is -2.22. The third kappa shape index (κ3) is 4.27. The van der Waals surface area contributed by atoms with Gasteiger partial charge in [-0.25, -0.2) is 13.1 Å². The lowest BCUT2D eigenvalue weighted by atomic mass is 9.99. The predicted molar refractivity (Wildman–Crippen MR) is 109 cm³/mol. The smallest absolute Gasteiger partial charge is 0.244 e. The minimum absolute atomic E-state index is 0.0166. The first-order valence-electron chi connectivity index (χ1n) is 9.44. The molecule has 6 nitrogen and oxygen atoms in total. The van der Waals surface area contributed by atoms with E-state index in [2.05, 4.69) is 4.72 Å². The number of benzene rings is 2. The van der Waals surface area contributed by atoms with Gasteiger partial charge in [-0.2, -0.15) is 0 Å². The van der Waals surface area contributed by atoms with E-state index in [4.69, 9.17) is 0 Å². The number of nitrogens with one attached hydrogen (secondary N) is 1. The Morgan fingerprint density at radius 3 is 2.29 bits per heavy atom. The summed E-state index contributed by atoms with van der Waals surface area (Å²) in [6.45, 7) is 2.73. The quantitative estimate of drug-likeness (QED) is 0.804. The molecular weight excluding hydrogens is 374 g/mol. The first-order valence-corrected chi connectivity index (χ1v) is 10.9. The van der Waals surface area contributed by atoms with Crippen LogP contribution in [0.2, 0.25) is 0 Å². The minimum Gasteiger partial charge on any atom is -0.342 e. The van der Waals surface area contributed by atoms with E-state index in [-0.39, 0.29) is 23.4 Å². The van der Waals surface area contributed by atoms with Crippen molar-refractivity contribution >= 4 is 15.9 Å². The summed E-state index contributed by atoms with van der Waals surface area (Å²) >= 11 is 0. The monoisotopic (exact) mass is 401 g/mol.